The Bertz CT molecular complexity index is 214. The van der Waals surface area contributed by atoms with Gasteiger partial charge in [-0.3, -0.25) is 4.79 Å². The van der Waals surface area contributed by atoms with Gasteiger partial charge in [-0.1, -0.05) is 27.4 Å². The molecule has 1 rings (SSSR count). The molecule has 0 atom stereocenters. The van der Waals surface area contributed by atoms with Gasteiger partial charge in [-0.2, -0.15) is 0 Å². The molecule has 1 nitrogen and oxygen atoms in total. The number of hydrogen-bond acceptors (Lipinski definition) is 1. The Balaban J connectivity index is 2.46. The molecule has 0 N–H and O–H groups in total. The van der Waals surface area contributed by atoms with Gasteiger partial charge in [-0.05, 0) is 43.1 Å². The van der Waals surface area contributed by atoms with Gasteiger partial charge < -0.3 is 0 Å². The third-order valence-electron chi connectivity index (χ3n) is 3.56. The van der Waals surface area contributed by atoms with Crippen molar-refractivity contribution in [3.8, 4) is 0 Å². The Morgan fingerprint density at radius 1 is 1.21 bits per heavy atom. The molecular formula is C13H22O. The van der Waals surface area contributed by atoms with Gasteiger partial charge in [-0.25, -0.2) is 0 Å². The summed E-state index contributed by atoms with van der Waals surface area (Å²) in [6.07, 6.45) is 6.02. The first-order valence-electron chi connectivity index (χ1n) is 5.61. The van der Waals surface area contributed by atoms with Crippen molar-refractivity contribution in [1.82, 2.24) is 0 Å². The molecule has 0 radical (unpaired) electrons. The summed E-state index contributed by atoms with van der Waals surface area (Å²) < 4.78 is 0. The Morgan fingerprint density at radius 3 is 2.07 bits per heavy atom. The largest absolute Gasteiger partial charge is 0.295 e. The number of hydrogen-bond donors (Lipinski definition) is 0. The highest BCUT2D eigenvalue weighted by molar-refractivity contribution is 5.91. The highest BCUT2D eigenvalue weighted by Crippen LogP contribution is 2.39. The molecule has 1 fully saturated rings. The molecule has 14 heavy (non-hydrogen) atoms. The maximum Gasteiger partial charge on any atom is 0.158 e. The Morgan fingerprint density at radius 2 is 1.71 bits per heavy atom. The highest BCUT2D eigenvalue weighted by atomic mass is 16.1. The quantitative estimate of drug-likeness (QED) is 0.614. The molecular weight excluding hydrogens is 172 g/mol. The SMILES string of the molecule is C=CC(=O)C1CCC(C(C)(C)C)CC1. The van der Waals surface area contributed by atoms with Crippen LogP contribution in [0.15, 0.2) is 12.7 Å². The van der Waals surface area contributed by atoms with Crippen LogP contribution in [0.2, 0.25) is 0 Å². The van der Waals surface area contributed by atoms with Crippen molar-refractivity contribution in [3.05, 3.63) is 12.7 Å². The average molecular weight is 194 g/mol. The lowest BCUT2D eigenvalue weighted by Crippen LogP contribution is -2.28. The van der Waals surface area contributed by atoms with Crippen molar-refractivity contribution in [3.63, 3.8) is 0 Å². The van der Waals surface area contributed by atoms with Crippen LogP contribution in [0.1, 0.15) is 46.5 Å². The lowest BCUT2D eigenvalue weighted by atomic mass is 9.69. The number of carbonyl (C=O) groups excluding carboxylic acids is 1. The summed E-state index contributed by atoms with van der Waals surface area (Å²) in [7, 11) is 0. The minimum absolute atomic E-state index is 0.248. The van der Waals surface area contributed by atoms with E-state index in [-0.39, 0.29) is 11.7 Å². The smallest absolute Gasteiger partial charge is 0.158 e. The Kier molecular flexibility index (Phi) is 3.52. The van der Waals surface area contributed by atoms with Gasteiger partial charge in [0.25, 0.3) is 0 Å². The predicted molar refractivity (Wildman–Crippen MR) is 60.1 cm³/mol. The van der Waals surface area contributed by atoms with Crippen LogP contribution in [0.4, 0.5) is 0 Å². The fourth-order valence-corrected chi connectivity index (χ4v) is 2.41. The molecule has 0 aromatic carbocycles. The van der Waals surface area contributed by atoms with Crippen LogP contribution in [-0.2, 0) is 4.79 Å². The molecule has 0 bridgehead atoms. The standard InChI is InChI=1S/C13H22O/c1-5-12(14)10-6-8-11(9-7-10)13(2,3)4/h5,10-11H,1,6-9H2,2-4H3. The van der Waals surface area contributed by atoms with Crippen LogP contribution in [0, 0.1) is 17.3 Å². The molecule has 0 aliphatic heterocycles. The Hall–Kier alpha value is -0.590. The highest BCUT2D eigenvalue weighted by Gasteiger charge is 2.31. The molecule has 0 saturated heterocycles. The van der Waals surface area contributed by atoms with E-state index < -0.39 is 0 Å². The van der Waals surface area contributed by atoms with E-state index >= 15 is 0 Å². The fourth-order valence-electron chi connectivity index (χ4n) is 2.41. The molecule has 0 aromatic heterocycles. The minimum atomic E-state index is 0.248. The van der Waals surface area contributed by atoms with E-state index in [4.69, 9.17) is 0 Å². The molecule has 0 amide bonds. The van der Waals surface area contributed by atoms with E-state index in [1.165, 1.54) is 18.9 Å². The molecule has 1 aliphatic carbocycles. The summed E-state index contributed by atoms with van der Waals surface area (Å²) in [5.74, 6) is 1.31. The second-order valence-electron chi connectivity index (χ2n) is 5.52. The molecule has 1 heteroatoms. The normalized spacial score (nSPS) is 28.5. The van der Waals surface area contributed by atoms with Crippen molar-refractivity contribution >= 4 is 5.78 Å². The molecule has 0 unspecified atom stereocenters. The van der Waals surface area contributed by atoms with Crippen LogP contribution in [0.5, 0.6) is 0 Å². The van der Waals surface area contributed by atoms with E-state index in [9.17, 15) is 4.79 Å². The minimum Gasteiger partial charge on any atom is -0.295 e. The first-order chi connectivity index (χ1) is 6.45. The van der Waals surface area contributed by atoms with Crippen LogP contribution in [0.25, 0.3) is 0 Å². The van der Waals surface area contributed by atoms with Crippen molar-refractivity contribution in [1.29, 1.82) is 0 Å². The molecule has 1 aliphatic rings. The third kappa shape index (κ3) is 2.70. The molecule has 0 spiro atoms. The van der Waals surface area contributed by atoms with Gasteiger partial charge in [0, 0.05) is 5.92 Å². The van der Waals surface area contributed by atoms with Crippen molar-refractivity contribution in [2.24, 2.45) is 17.3 Å². The fraction of sp³-hybridized carbons (Fsp3) is 0.769. The van der Waals surface area contributed by atoms with Gasteiger partial charge in [0.15, 0.2) is 5.78 Å². The summed E-state index contributed by atoms with van der Waals surface area (Å²) in [5, 5.41) is 0. The summed E-state index contributed by atoms with van der Waals surface area (Å²) >= 11 is 0. The van der Waals surface area contributed by atoms with Crippen LogP contribution in [0.3, 0.4) is 0 Å². The van der Waals surface area contributed by atoms with Gasteiger partial charge >= 0.3 is 0 Å². The second kappa shape index (κ2) is 4.29. The van der Waals surface area contributed by atoms with Gasteiger partial charge in [0.05, 0.1) is 0 Å². The van der Waals surface area contributed by atoms with E-state index in [1.54, 1.807) is 0 Å². The van der Waals surface area contributed by atoms with E-state index in [0.717, 1.165) is 18.8 Å². The topological polar surface area (TPSA) is 17.1 Å². The molecule has 0 heterocycles. The summed E-state index contributed by atoms with van der Waals surface area (Å²) in [4.78, 5) is 11.4. The van der Waals surface area contributed by atoms with E-state index in [1.807, 2.05) is 0 Å². The van der Waals surface area contributed by atoms with Crippen molar-refractivity contribution < 1.29 is 4.79 Å². The van der Waals surface area contributed by atoms with Crippen molar-refractivity contribution in [2.75, 3.05) is 0 Å². The molecule has 1 saturated carbocycles. The van der Waals surface area contributed by atoms with E-state index in [0.29, 0.717) is 5.41 Å². The lowest BCUT2D eigenvalue weighted by molar-refractivity contribution is -0.119. The van der Waals surface area contributed by atoms with Crippen LogP contribution in [-0.4, -0.2) is 5.78 Å². The van der Waals surface area contributed by atoms with Gasteiger partial charge in [-0.15, -0.1) is 0 Å². The third-order valence-corrected chi connectivity index (χ3v) is 3.56. The van der Waals surface area contributed by atoms with Crippen LogP contribution < -0.4 is 0 Å². The maximum atomic E-state index is 11.4. The van der Waals surface area contributed by atoms with Gasteiger partial charge in [0.2, 0.25) is 0 Å². The second-order valence-corrected chi connectivity index (χ2v) is 5.52. The molecule has 80 valence electrons. The van der Waals surface area contributed by atoms with E-state index in [2.05, 4.69) is 27.4 Å². The average Bonchev–Trinajstić information content (AvgIpc) is 2.15. The summed E-state index contributed by atoms with van der Waals surface area (Å²) in [6, 6.07) is 0. The zero-order chi connectivity index (χ0) is 10.8. The first-order valence-corrected chi connectivity index (χ1v) is 5.61. The summed E-state index contributed by atoms with van der Waals surface area (Å²) in [5.41, 5.74) is 0.405. The predicted octanol–water partition coefficient (Wildman–Crippen LogP) is 3.59. The number of rotatable bonds is 2. The van der Waals surface area contributed by atoms with Crippen molar-refractivity contribution in [2.45, 2.75) is 46.5 Å². The first kappa shape index (κ1) is 11.5. The monoisotopic (exact) mass is 194 g/mol. The zero-order valence-electron chi connectivity index (χ0n) is 9.68. The summed E-state index contributed by atoms with van der Waals surface area (Å²) in [6.45, 7) is 10.5. The Labute approximate surface area is 87.6 Å². The van der Waals surface area contributed by atoms with Crippen LogP contribution >= 0.6 is 0 Å². The number of carbonyl (C=O) groups is 1. The number of ketones is 1. The molecule has 0 aromatic rings. The van der Waals surface area contributed by atoms with Gasteiger partial charge in [0.1, 0.15) is 0 Å². The lowest BCUT2D eigenvalue weighted by Gasteiger charge is -2.36. The number of allylic oxidation sites excluding steroid dienone is 1. The zero-order valence-corrected chi connectivity index (χ0v) is 9.68. The maximum absolute atomic E-state index is 11.4.